The maximum atomic E-state index is 11.2. The summed E-state index contributed by atoms with van der Waals surface area (Å²) >= 11 is 3.40. The van der Waals surface area contributed by atoms with Crippen LogP contribution in [0.1, 0.15) is 41.5 Å². The average Bonchev–Trinajstić information content (AvgIpc) is 2.53. The number of hydrogen-bond donors (Lipinski definition) is 1. The molecule has 2 heterocycles. The molecule has 0 saturated carbocycles. The minimum absolute atomic E-state index is 0.0535. The predicted octanol–water partition coefficient (Wildman–Crippen LogP) is 2.62. The molecule has 17 heavy (non-hydrogen) atoms. The third-order valence-corrected chi connectivity index (χ3v) is 3.49. The normalized spacial score (nSPS) is 11.4. The minimum atomic E-state index is -0.979. The molecule has 0 bridgehead atoms. The van der Waals surface area contributed by atoms with Crippen LogP contribution in [0.3, 0.4) is 0 Å². The number of nitrogens with zero attached hydrogens (tertiary/aromatic N) is 3. The molecular formula is C11H12BrN3O2. The first kappa shape index (κ1) is 12.0. The van der Waals surface area contributed by atoms with Crippen LogP contribution in [0.25, 0.3) is 5.65 Å². The van der Waals surface area contributed by atoms with E-state index in [1.165, 1.54) is 6.20 Å². The van der Waals surface area contributed by atoms with Gasteiger partial charge >= 0.3 is 5.97 Å². The third-order valence-electron chi connectivity index (χ3n) is 2.56. The molecule has 0 saturated heterocycles. The van der Waals surface area contributed by atoms with Gasteiger partial charge in [0.25, 0.3) is 0 Å². The van der Waals surface area contributed by atoms with E-state index in [9.17, 15) is 4.79 Å². The standard InChI is InChI=1S/C11H12BrN3O2/c1-5(2)9-7(11(16)17)4-13-10-8(12)6(3)14-15(9)10/h4-5H,1-3H3,(H,16,17). The Morgan fingerprint density at radius 1 is 1.53 bits per heavy atom. The van der Waals surface area contributed by atoms with Gasteiger partial charge in [-0.3, -0.25) is 0 Å². The second-order valence-corrected chi connectivity index (χ2v) is 4.94. The molecule has 0 aliphatic heterocycles. The topological polar surface area (TPSA) is 67.5 Å². The summed E-state index contributed by atoms with van der Waals surface area (Å²) in [6.07, 6.45) is 1.39. The Labute approximate surface area is 107 Å². The van der Waals surface area contributed by atoms with Gasteiger partial charge in [0.05, 0.1) is 21.4 Å². The fourth-order valence-electron chi connectivity index (χ4n) is 1.80. The molecular weight excluding hydrogens is 286 g/mol. The molecule has 0 unspecified atom stereocenters. The second kappa shape index (κ2) is 4.10. The van der Waals surface area contributed by atoms with E-state index in [1.807, 2.05) is 20.8 Å². The fraction of sp³-hybridized carbons (Fsp3) is 0.364. The number of rotatable bonds is 2. The Balaban J connectivity index is 2.89. The van der Waals surface area contributed by atoms with Gasteiger partial charge in [-0.15, -0.1) is 0 Å². The number of hydrogen-bond acceptors (Lipinski definition) is 3. The van der Waals surface area contributed by atoms with Crippen LogP contribution in [0.2, 0.25) is 0 Å². The largest absolute Gasteiger partial charge is 0.478 e. The van der Waals surface area contributed by atoms with E-state index in [1.54, 1.807) is 4.52 Å². The number of carboxylic acids is 1. The number of fused-ring (bicyclic) bond motifs is 1. The molecule has 0 amide bonds. The van der Waals surface area contributed by atoms with Gasteiger partial charge in [0.15, 0.2) is 5.65 Å². The Bertz CT molecular complexity index is 604. The van der Waals surface area contributed by atoms with E-state index in [0.717, 1.165) is 10.2 Å². The Kier molecular flexibility index (Phi) is 2.91. The summed E-state index contributed by atoms with van der Waals surface area (Å²) < 4.78 is 2.41. The van der Waals surface area contributed by atoms with E-state index in [0.29, 0.717) is 11.3 Å². The van der Waals surface area contributed by atoms with Crippen molar-refractivity contribution in [2.45, 2.75) is 26.7 Å². The highest BCUT2D eigenvalue weighted by molar-refractivity contribution is 9.10. The molecule has 0 fully saturated rings. The highest BCUT2D eigenvalue weighted by Gasteiger charge is 2.20. The van der Waals surface area contributed by atoms with Gasteiger partial charge in [0, 0.05) is 6.20 Å². The molecule has 1 N–H and O–H groups in total. The van der Waals surface area contributed by atoms with Crippen LogP contribution in [0.15, 0.2) is 10.7 Å². The summed E-state index contributed by atoms with van der Waals surface area (Å²) in [5.41, 5.74) is 2.30. The smallest absolute Gasteiger partial charge is 0.339 e. The van der Waals surface area contributed by atoms with Crippen molar-refractivity contribution in [1.29, 1.82) is 0 Å². The molecule has 6 heteroatoms. The van der Waals surface area contributed by atoms with Crippen molar-refractivity contribution in [3.05, 3.63) is 27.6 Å². The lowest BCUT2D eigenvalue weighted by molar-refractivity contribution is 0.0694. The van der Waals surface area contributed by atoms with Crippen molar-refractivity contribution in [3.8, 4) is 0 Å². The summed E-state index contributed by atoms with van der Waals surface area (Å²) in [6, 6.07) is 0. The lowest BCUT2D eigenvalue weighted by atomic mass is 10.1. The zero-order valence-electron chi connectivity index (χ0n) is 9.73. The first-order valence-corrected chi connectivity index (χ1v) is 5.99. The van der Waals surface area contributed by atoms with E-state index < -0.39 is 5.97 Å². The van der Waals surface area contributed by atoms with Gasteiger partial charge in [-0.1, -0.05) is 13.8 Å². The first-order chi connectivity index (χ1) is 7.93. The quantitative estimate of drug-likeness (QED) is 0.925. The van der Waals surface area contributed by atoms with Gasteiger partial charge in [0.1, 0.15) is 0 Å². The van der Waals surface area contributed by atoms with Crippen LogP contribution in [-0.2, 0) is 0 Å². The Morgan fingerprint density at radius 3 is 2.71 bits per heavy atom. The summed E-state index contributed by atoms with van der Waals surface area (Å²) in [6.45, 7) is 5.72. The zero-order valence-corrected chi connectivity index (χ0v) is 11.3. The number of carbonyl (C=O) groups is 1. The lowest BCUT2D eigenvalue weighted by Gasteiger charge is -2.11. The average molecular weight is 298 g/mol. The van der Waals surface area contributed by atoms with Gasteiger partial charge in [-0.25, -0.2) is 14.3 Å². The molecule has 2 rings (SSSR count). The van der Waals surface area contributed by atoms with Crippen LogP contribution < -0.4 is 0 Å². The summed E-state index contributed by atoms with van der Waals surface area (Å²) in [5, 5.41) is 13.5. The highest BCUT2D eigenvalue weighted by Crippen LogP contribution is 2.26. The molecule has 90 valence electrons. The van der Waals surface area contributed by atoms with Crippen molar-refractivity contribution in [2.24, 2.45) is 0 Å². The molecule has 5 nitrogen and oxygen atoms in total. The van der Waals surface area contributed by atoms with E-state index in [-0.39, 0.29) is 11.5 Å². The monoisotopic (exact) mass is 297 g/mol. The lowest BCUT2D eigenvalue weighted by Crippen LogP contribution is -2.11. The summed E-state index contributed by atoms with van der Waals surface area (Å²) in [4.78, 5) is 15.3. The van der Waals surface area contributed by atoms with Crippen molar-refractivity contribution >= 4 is 27.5 Å². The van der Waals surface area contributed by atoms with Gasteiger partial charge < -0.3 is 5.11 Å². The minimum Gasteiger partial charge on any atom is -0.478 e. The highest BCUT2D eigenvalue weighted by atomic mass is 79.9. The Hall–Kier alpha value is -1.43. The molecule has 0 aliphatic carbocycles. The number of aromatic carboxylic acids is 1. The van der Waals surface area contributed by atoms with E-state index in [2.05, 4.69) is 26.0 Å². The number of carboxylic acid groups (broad SMARTS) is 1. The van der Waals surface area contributed by atoms with E-state index >= 15 is 0 Å². The molecule has 0 radical (unpaired) electrons. The van der Waals surface area contributed by atoms with Gasteiger partial charge in [-0.05, 0) is 28.8 Å². The van der Waals surface area contributed by atoms with Crippen LogP contribution in [0.5, 0.6) is 0 Å². The zero-order chi connectivity index (χ0) is 12.7. The maximum absolute atomic E-state index is 11.2. The molecule has 0 spiro atoms. The van der Waals surface area contributed by atoms with Crippen LogP contribution in [0, 0.1) is 6.92 Å². The van der Waals surface area contributed by atoms with E-state index in [4.69, 9.17) is 5.11 Å². The first-order valence-electron chi connectivity index (χ1n) is 5.20. The number of aromatic nitrogens is 3. The third kappa shape index (κ3) is 1.82. The fourth-order valence-corrected chi connectivity index (χ4v) is 2.15. The van der Waals surface area contributed by atoms with Crippen molar-refractivity contribution in [2.75, 3.05) is 0 Å². The number of aryl methyl sites for hydroxylation is 1. The SMILES string of the molecule is Cc1nn2c(C(C)C)c(C(=O)O)cnc2c1Br. The maximum Gasteiger partial charge on any atom is 0.339 e. The van der Waals surface area contributed by atoms with Crippen LogP contribution in [-0.4, -0.2) is 25.7 Å². The van der Waals surface area contributed by atoms with Gasteiger partial charge in [0.2, 0.25) is 0 Å². The van der Waals surface area contributed by atoms with Crippen molar-refractivity contribution in [1.82, 2.24) is 14.6 Å². The molecule has 0 atom stereocenters. The summed E-state index contributed by atoms with van der Waals surface area (Å²) in [5.74, 6) is -0.926. The molecule has 0 aromatic carbocycles. The van der Waals surface area contributed by atoms with Crippen LogP contribution >= 0.6 is 15.9 Å². The van der Waals surface area contributed by atoms with Gasteiger partial charge in [-0.2, -0.15) is 5.10 Å². The Morgan fingerprint density at radius 2 is 2.18 bits per heavy atom. The van der Waals surface area contributed by atoms with Crippen molar-refractivity contribution in [3.63, 3.8) is 0 Å². The number of halogens is 1. The molecule has 0 aliphatic rings. The molecule has 2 aromatic heterocycles. The summed E-state index contributed by atoms with van der Waals surface area (Å²) in [7, 11) is 0. The van der Waals surface area contributed by atoms with Crippen molar-refractivity contribution < 1.29 is 9.90 Å². The molecule has 2 aromatic rings. The predicted molar refractivity (Wildman–Crippen MR) is 66.5 cm³/mol. The van der Waals surface area contributed by atoms with Crippen LogP contribution in [0.4, 0.5) is 0 Å². The second-order valence-electron chi connectivity index (χ2n) is 4.15.